The van der Waals surface area contributed by atoms with Crippen LogP contribution in [0.2, 0.25) is 0 Å². The third-order valence-electron chi connectivity index (χ3n) is 2.71. The van der Waals surface area contributed by atoms with Crippen molar-refractivity contribution in [2.75, 3.05) is 0 Å². The van der Waals surface area contributed by atoms with Crippen LogP contribution in [0.5, 0.6) is 0 Å². The van der Waals surface area contributed by atoms with Crippen molar-refractivity contribution < 1.29 is 14.3 Å². The average Bonchev–Trinajstić information content (AvgIpc) is 2.39. The van der Waals surface area contributed by atoms with E-state index in [2.05, 4.69) is 4.98 Å². The van der Waals surface area contributed by atoms with Gasteiger partial charge in [-0.1, -0.05) is 18.2 Å². The quantitative estimate of drug-likeness (QED) is 0.857. The number of hydrogen-bond donors (Lipinski definition) is 1. The van der Waals surface area contributed by atoms with Gasteiger partial charge in [-0.05, 0) is 36.3 Å². The van der Waals surface area contributed by atoms with Crippen molar-refractivity contribution in [1.82, 2.24) is 4.98 Å². The topological polar surface area (TPSA) is 50.2 Å². The van der Waals surface area contributed by atoms with Crippen LogP contribution in [0.4, 0.5) is 4.39 Å². The molecule has 1 aromatic heterocycles. The number of pyridine rings is 1. The summed E-state index contributed by atoms with van der Waals surface area (Å²) in [4.78, 5) is 14.7. The van der Waals surface area contributed by atoms with Crippen LogP contribution >= 0.6 is 0 Å². The van der Waals surface area contributed by atoms with E-state index in [1.54, 1.807) is 37.3 Å². The molecule has 0 saturated heterocycles. The Morgan fingerprint density at radius 3 is 2.58 bits per heavy atom. The Kier molecular flexibility index (Phi) is 3.71. The molecule has 0 radical (unpaired) electrons. The largest absolute Gasteiger partial charge is 0.478 e. The van der Waals surface area contributed by atoms with Gasteiger partial charge in [-0.25, -0.2) is 9.18 Å². The fourth-order valence-corrected chi connectivity index (χ4v) is 1.72. The van der Waals surface area contributed by atoms with Gasteiger partial charge in [-0.15, -0.1) is 0 Å². The van der Waals surface area contributed by atoms with E-state index in [4.69, 9.17) is 5.11 Å². The minimum absolute atomic E-state index is 0.333. The van der Waals surface area contributed by atoms with E-state index in [0.717, 1.165) is 6.08 Å². The lowest BCUT2D eigenvalue weighted by Crippen LogP contribution is -1.92. The highest BCUT2D eigenvalue weighted by atomic mass is 19.1. The molecule has 0 aliphatic heterocycles. The molecular weight excluding hydrogens is 245 g/mol. The Morgan fingerprint density at radius 1 is 1.26 bits per heavy atom. The summed E-state index contributed by atoms with van der Waals surface area (Å²) < 4.78 is 13.6. The second-order valence-corrected chi connectivity index (χ2v) is 4.08. The maximum atomic E-state index is 13.6. The molecule has 4 heteroatoms. The van der Waals surface area contributed by atoms with E-state index in [0.29, 0.717) is 22.4 Å². The maximum absolute atomic E-state index is 13.6. The van der Waals surface area contributed by atoms with Crippen molar-refractivity contribution in [3.8, 4) is 11.3 Å². The van der Waals surface area contributed by atoms with Gasteiger partial charge in [0.25, 0.3) is 0 Å². The molecule has 3 nitrogen and oxygen atoms in total. The molecule has 0 unspecified atom stereocenters. The number of rotatable bonds is 3. The molecule has 96 valence electrons. The summed E-state index contributed by atoms with van der Waals surface area (Å²) >= 11 is 0. The minimum atomic E-state index is -1.00. The summed E-state index contributed by atoms with van der Waals surface area (Å²) in [5.41, 5.74) is 2.24. The number of aromatic nitrogens is 1. The van der Waals surface area contributed by atoms with Crippen LogP contribution in [-0.4, -0.2) is 16.1 Å². The molecule has 0 saturated carbocycles. The van der Waals surface area contributed by atoms with E-state index in [-0.39, 0.29) is 5.82 Å². The highest BCUT2D eigenvalue weighted by Crippen LogP contribution is 2.22. The Bertz CT molecular complexity index is 633. The van der Waals surface area contributed by atoms with E-state index in [1.807, 2.05) is 0 Å². The van der Waals surface area contributed by atoms with E-state index in [9.17, 15) is 9.18 Å². The zero-order valence-corrected chi connectivity index (χ0v) is 10.3. The van der Waals surface area contributed by atoms with Gasteiger partial charge in [0.05, 0.1) is 5.69 Å². The Labute approximate surface area is 110 Å². The first-order chi connectivity index (χ1) is 9.08. The lowest BCUT2D eigenvalue weighted by molar-refractivity contribution is -0.131. The van der Waals surface area contributed by atoms with Gasteiger partial charge in [0.1, 0.15) is 5.82 Å². The molecule has 1 heterocycles. The highest BCUT2D eigenvalue weighted by molar-refractivity contribution is 5.89. The zero-order valence-electron chi connectivity index (χ0n) is 10.3. The fraction of sp³-hybridized carbons (Fsp3) is 0.0667. The highest BCUT2D eigenvalue weighted by Gasteiger charge is 2.06. The summed E-state index contributed by atoms with van der Waals surface area (Å²) in [7, 11) is 0. The number of hydrogen-bond acceptors (Lipinski definition) is 2. The van der Waals surface area contributed by atoms with Crippen molar-refractivity contribution >= 4 is 11.5 Å². The van der Waals surface area contributed by atoms with Gasteiger partial charge >= 0.3 is 5.97 Å². The average molecular weight is 257 g/mol. The molecule has 0 amide bonds. The summed E-state index contributed by atoms with van der Waals surface area (Å²) in [6.45, 7) is 1.69. The molecule has 2 aromatic rings. The normalized spacial score (nSPS) is 11.4. The van der Waals surface area contributed by atoms with Crippen LogP contribution in [0.25, 0.3) is 16.8 Å². The van der Waals surface area contributed by atoms with Crippen LogP contribution in [0, 0.1) is 5.82 Å². The van der Waals surface area contributed by atoms with Gasteiger partial charge in [0.2, 0.25) is 0 Å². The number of carbonyl (C=O) groups is 1. The van der Waals surface area contributed by atoms with Crippen molar-refractivity contribution in [3.63, 3.8) is 0 Å². The van der Waals surface area contributed by atoms with Crippen molar-refractivity contribution in [2.24, 2.45) is 0 Å². The van der Waals surface area contributed by atoms with E-state index < -0.39 is 5.97 Å². The van der Waals surface area contributed by atoms with E-state index >= 15 is 0 Å². The molecular formula is C15H12FNO2. The van der Waals surface area contributed by atoms with Crippen LogP contribution in [0.1, 0.15) is 12.5 Å². The number of carboxylic acid groups (broad SMARTS) is 1. The number of aliphatic carboxylic acids is 1. The number of nitrogens with zero attached hydrogens (tertiary/aromatic N) is 1. The molecule has 0 aliphatic rings. The summed E-state index contributed by atoms with van der Waals surface area (Å²) in [5, 5.41) is 8.67. The van der Waals surface area contributed by atoms with Gasteiger partial charge in [-0.2, -0.15) is 0 Å². The van der Waals surface area contributed by atoms with E-state index in [1.165, 1.54) is 12.3 Å². The first kappa shape index (κ1) is 13.0. The number of allylic oxidation sites excluding steroid dienone is 1. The van der Waals surface area contributed by atoms with Gasteiger partial charge in [0.15, 0.2) is 0 Å². The fourth-order valence-electron chi connectivity index (χ4n) is 1.72. The van der Waals surface area contributed by atoms with Crippen LogP contribution in [0.15, 0.2) is 48.7 Å². The van der Waals surface area contributed by atoms with Gasteiger partial charge in [0, 0.05) is 17.8 Å². The maximum Gasteiger partial charge on any atom is 0.328 e. The molecule has 0 fully saturated rings. The molecule has 0 spiro atoms. The molecule has 0 atom stereocenters. The van der Waals surface area contributed by atoms with Crippen molar-refractivity contribution in [3.05, 3.63) is 60.1 Å². The SMILES string of the molecule is CC(=CC(=O)O)c1ccc(-c2ccccc2F)nc1. The number of halogens is 1. The predicted molar refractivity (Wildman–Crippen MR) is 70.9 cm³/mol. The smallest absolute Gasteiger partial charge is 0.328 e. The lowest BCUT2D eigenvalue weighted by Gasteiger charge is -2.04. The Morgan fingerprint density at radius 2 is 2.00 bits per heavy atom. The first-order valence-corrected chi connectivity index (χ1v) is 5.70. The summed E-state index contributed by atoms with van der Waals surface area (Å²) in [6.07, 6.45) is 2.65. The first-order valence-electron chi connectivity index (χ1n) is 5.70. The Hall–Kier alpha value is -2.49. The number of benzene rings is 1. The predicted octanol–water partition coefficient (Wildman–Crippen LogP) is 3.38. The Balaban J connectivity index is 2.34. The second-order valence-electron chi connectivity index (χ2n) is 4.08. The molecule has 0 aliphatic carbocycles. The summed E-state index contributed by atoms with van der Waals surface area (Å²) in [5.74, 6) is -1.34. The molecule has 1 N–H and O–H groups in total. The summed E-state index contributed by atoms with van der Waals surface area (Å²) in [6, 6.07) is 9.78. The molecule has 0 bridgehead atoms. The van der Waals surface area contributed by atoms with Crippen molar-refractivity contribution in [1.29, 1.82) is 0 Å². The second kappa shape index (κ2) is 5.44. The van der Waals surface area contributed by atoms with Crippen molar-refractivity contribution in [2.45, 2.75) is 6.92 Å². The monoisotopic (exact) mass is 257 g/mol. The van der Waals surface area contributed by atoms with Crippen LogP contribution in [-0.2, 0) is 4.79 Å². The molecule has 2 rings (SSSR count). The molecule has 1 aromatic carbocycles. The number of carboxylic acids is 1. The van der Waals surface area contributed by atoms with Crippen LogP contribution in [0.3, 0.4) is 0 Å². The van der Waals surface area contributed by atoms with Gasteiger partial charge in [-0.3, -0.25) is 4.98 Å². The van der Waals surface area contributed by atoms with Gasteiger partial charge < -0.3 is 5.11 Å². The third kappa shape index (κ3) is 3.04. The zero-order chi connectivity index (χ0) is 13.8. The van der Waals surface area contributed by atoms with Crippen LogP contribution < -0.4 is 0 Å². The lowest BCUT2D eigenvalue weighted by atomic mass is 10.1. The standard InChI is InChI=1S/C15H12FNO2/c1-10(8-15(18)19)11-6-7-14(17-9-11)12-4-2-3-5-13(12)16/h2-9H,1H3,(H,18,19). The molecule has 19 heavy (non-hydrogen) atoms. The third-order valence-corrected chi connectivity index (χ3v) is 2.71. The minimum Gasteiger partial charge on any atom is -0.478 e.